The molecule has 0 radical (unpaired) electrons. The van der Waals surface area contributed by atoms with Gasteiger partial charge in [-0.1, -0.05) is 24.3 Å². The minimum Gasteiger partial charge on any atom is -0.399 e. The van der Waals surface area contributed by atoms with Crippen molar-refractivity contribution in [3.8, 4) is 0 Å². The van der Waals surface area contributed by atoms with Gasteiger partial charge in [-0.3, -0.25) is 9.69 Å². The van der Waals surface area contributed by atoms with Gasteiger partial charge < -0.3 is 10.6 Å². The summed E-state index contributed by atoms with van der Waals surface area (Å²) < 4.78 is 38.0. The lowest BCUT2D eigenvalue weighted by Crippen LogP contribution is -2.36. The minimum atomic E-state index is -4.31. The van der Waals surface area contributed by atoms with Crippen LogP contribution in [-0.4, -0.2) is 41.9 Å². The summed E-state index contributed by atoms with van der Waals surface area (Å²) in [5.41, 5.74) is 7.49. The zero-order chi connectivity index (χ0) is 20.1. The van der Waals surface area contributed by atoms with Gasteiger partial charge in [0.15, 0.2) is 0 Å². The molecule has 28 heavy (non-hydrogen) atoms. The highest BCUT2D eigenvalue weighted by molar-refractivity contribution is 5.79. The zero-order valence-corrected chi connectivity index (χ0v) is 15.6. The molecule has 0 unspecified atom stereocenters. The van der Waals surface area contributed by atoms with Crippen LogP contribution in [0.5, 0.6) is 0 Å². The molecule has 0 bridgehead atoms. The van der Waals surface area contributed by atoms with Crippen molar-refractivity contribution < 1.29 is 18.0 Å². The highest BCUT2D eigenvalue weighted by Crippen LogP contribution is 2.29. The monoisotopic (exact) mass is 391 g/mol. The summed E-state index contributed by atoms with van der Waals surface area (Å²) in [7, 11) is 0. The molecule has 0 spiro atoms. The number of nitrogens with two attached hydrogens (primary N) is 1. The van der Waals surface area contributed by atoms with E-state index in [1.165, 1.54) is 12.1 Å². The lowest BCUT2D eigenvalue weighted by molar-refractivity contribution is -0.137. The maximum Gasteiger partial charge on any atom is 0.416 e. The third kappa shape index (κ3) is 5.48. The van der Waals surface area contributed by atoms with Gasteiger partial charge in [-0.25, -0.2) is 0 Å². The van der Waals surface area contributed by atoms with Crippen LogP contribution in [0.3, 0.4) is 0 Å². The molecule has 0 saturated carbocycles. The molecule has 7 heteroatoms. The number of alkyl halides is 3. The van der Waals surface area contributed by atoms with E-state index in [0.717, 1.165) is 36.2 Å². The van der Waals surface area contributed by atoms with Crippen molar-refractivity contribution in [1.82, 2.24) is 9.80 Å². The molecule has 4 nitrogen and oxygen atoms in total. The highest BCUT2D eigenvalue weighted by atomic mass is 19.4. The number of nitrogen functional groups attached to an aromatic ring is 1. The van der Waals surface area contributed by atoms with E-state index in [0.29, 0.717) is 38.3 Å². The molecule has 0 atom stereocenters. The molecule has 1 saturated heterocycles. The first-order valence-electron chi connectivity index (χ1n) is 9.32. The van der Waals surface area contributed by atoms with E-state index in [9.17, 15) is 18.0 Å². The average Bonchev–Trinajstić information content (AvgIpc) is 2.89. The van der Waals surface area contributed by atoms with E-state index >= 15 is 0 Å². The molecule has 1 aliphatic heterocycles. The number of amides is 1. The summed E-state index contributed by atoms with van der Waals surface area (Å²) in [6.45, 7) is 3.41. The number of carbonyl (C=O) groups is 1. The Morgan fingerprint density at radius 1 is 0.893 bits per heavy atom. The molecule has 2 N–H and O–H groups in total. The Bertz CT molecular complexity index is 788. The second-order valence-electron chi connectivity index (χ2n) is 7.12. The van der Waals surface area contributed by atoms with Gasteiger partial charge in [0, 0.05) is 38.4 Å². The molecule has 1 fully saturated rings. The van der Waals surface area contributed by atoms with Crippen molar-refractivity contribution in [2.45, 2.75) is 25.6 Å². The largest absolute Gasteiger partial charge is 0.416 e. The van der Waals surface area contributed by atoms with E-state index in [-0.39, 0.29) is 5.91 Å². The quantitative estimate of drug-likeness (QED) is 0.811. The molecule has 1 aliphatic rings. The maximum absolute atomic E-state index is 12.7. The molecule has 1 amide bonds. The van der Waals surface area contributed by atoms with Crippen LogP contribution in [0.25, 0.3) is 0 Å². The Hall–Kier alpha value is -2.54. The van der Waals surface area contributed by atoms with Gasteiger partial charge in [0.2, 0.25) is 5.91 Å². The summed E-state index contributed by atoms with van der Waals surface area (Å²) in [4.78, 5) is 16.6. The van der Waals surface area contributed by atoms with E-state index in [4.69, 9.17) is 5.73 Å². The third-order valence-electron chi connectivity index (χ3n) is 4.96. The summed E-state index contributed by atoms with van der Waals surface area (Å²) >= 11 is 0. The van der Waals surface area contributed by atoms with Crippen LogP contribution < -0.4 is 5.73 Å². The van der Waals surface area contributed by atoms with Crippen LogP contribution in [0.4, 0.5) is 18.9 Å². The first-order chi connectivity index (χ1) is 13.3. The van der Waals surface area contributed by atoms with Gasteiger partial charge in [-0.05, 0) is 41.8 Å². The zero-order valence-electron chi connectivity index (χ0n) is 15.6. The molecule has 3 rings (SSSR count). The van der Waals surface area contributed by atoms with Crippen molar-refractivity contribution in [1.29, 1.82) is 0 Å². The van der Waals surface area contributed by atoms with Crippen molar-refractivity contribution in [3.63, 3.8) is 0 Å². The van der Waals surface area contributed by atoms with Crippen molar-refractivity contribution in [3.05, 3.63) is 65.2 Å². The number of halogens is 3. The van der Waals surface area contributed by atoms with Gasteiger partial charge in [-0.2, -0.15) is 13.2 Å². The number of hydrogen-bond acceptors (Lipinski definition) is 3. The molecule has 0 aromatic heterocycles. The number of hydrogen-bond donors (Lipinski definition) is 1. The third-order valence-corrected chi connectivity index (χ3v) is 4.96. The fourth-order valence-electron chi connectivity index (χ4n) is 3.36. The second-order valence-corrected chi connectivity index (χ2v) is 7.12. The molecular formula is C21H24F3N3O. The highest BCUT2D eigenvalue weighted by Gasteiger charge is 2.30. The van der Waals surface area contributed by atoms with E-state index in [1.54, 1.807) is 12.1 Å². The van der Waals surface area contributed by atoms with Crippen LogP contribution >= 0.6 is 0 Å². The van der Waals surface area contributed by atoms with Crippen LogP contribution in [0.15, 0.2) is 48.5 Å². The first kappa shape index (κ1) is 20.2. The van der Waals surface area contributed by atoms with Gasteiger partial charge in [0.25, 0.3) is 0 Å². The van der Waals surface area contributed by atoms with Gasteiger partial charge >= 0.3 is 6.18 Å². The van der Waals surface area contributed by atoms with E-state index < -0.39 is 11.7 Å². The van der Waals surface area contributed by atoms with Crippen molar-refractivity contribution in [2.24, 2.45) is 0 Å². The van der Waals surface area contributed by atoms with Gasteiger partial charge in [-0.15, -0.1) is 0 Å². The number of nitrogens with zero attached hydrogens (tertiary/aromatic N) is 2. The van der Waals surface area contributed by atoms with Gasteiger partial charge in [0.05, 0.1) is 12.0 Å². The molecule has 2 aromatic carbocycles. The standard InChI is InChI=1S/C21H24F3N3O/c22-21(23,24)18-6-2-17(3-7-18)15-26-10-1-11-27(13-12-26)20(28)14-16-4-8-19(25)9-5-16/h2-9H,1,10-15,25H2. The molecule has 150 valence electrons. The lowest BCUT2D eigenvalue weighted by atomic mass is 10.1. The molecule has 2 aromatic rings. The first-order valence-corrected chi connectivity index (χ1v) is 9.32. The van der Waals surface area contributed by atoms with E-state index in [2.05, 4.69) is 4.90 Å². The smallest absolute Gasteiger partial charge is 0.399 e. The summed E-state index contributed by atoms with van der Waals surface area (Å²) in [5.74, 6) is 0.0844. The predicted octanol–water partition coefficient (Wildman–Crippen LogP) is 3.56. The fourth-order valence-corrected chi connectivity index (χ4v) is 3.36. The summed E-state index contributed by atoms with van der Waals surface area (Å²) in [6, 6.07) is 12.6. The molecule has 0 aliphatic carbocycles. The normalized spacial score (nSPS) is 16.0. The maximum atomic E-state index is 12.7. The van der Waals surface area contributed by atoms with Crippen LogP contribution in [0.1, 0.15) is 23.1 Å². The number of carbonyl (C=O) groups excluding carboxylic acids is 1. The van der Waals surface area contributed by atoms with Crippen LogP contribution in [-0.2, 0) is 23.9 Å². The molecular weight excluding hydrogens is 367 g/mol. The lowest BCUT2D eigenvalue weighted by Gasteiger charge is -2.22. The summed E-state index contributed by atoms with van der Waals surface area (Å²) in [5, 5.41) is 0. The van der Waals surface area contributed by atoms with Crippen molar-refractivity contribution >= 4 is 11.6 Å². The Labute approximate surface area is 162 Å². The SMILES string of the molecule is Nc1ccc(CC(=O)N2CCCN(Cc3ccc(C(F)(F)F)cc3)CC2)cc1. The fraction of sp³-hybridized carbons (Fsp3) is 0.381. The Balaban J connectivity index is 1.53. The predicted molar refractivity (Wildman–Crippen MR) is 102 cm³/mol. The molecule has 1 heterocycles. The van der Waals surface area contributed by atoms with Gasteiger partial charge in [0.1, 0.15) is 0 Å². The summed E-state index contributed by atoms with van der Waals surface area (Å²) in [6.07, 6.45) is -3.13. The Kier molecular flexibility index (Phi) is 6.24. The van der Waals surface area contributed by atoms with Crippen LogP contribution in [0, 0.1) is 0 Å². The number of anilines is 1. The average molecular weight is 391 g/mol. The minimum absolute atomic E-state index is 0.0844. The Morgan fingerprint density at radius 3 is 2.18 bits per heavy atom. The second kappa shape index (κ2) is 8.65. The Morgan fingerprint density at radius 2 is 1.54 bits per heavy atom. The van der Waals surface area contributed by atoms with Crippen molar-refractivity contribution in [2.75, 3.05) is 31.9 Å². The van der Waals surface area contributed by atoms with Crippen LogP contribution in [0.2, 0.25) is 0 Å². The number of rotatable bonds is 4. The van der Waals surface area contributed by atoms with E-state index in [1.807, 2.05) is 17.0 Å². The topological polar surface area (TPSA) is 49.6 Å². The number of benzene rings is 2.